The number of methoxy groups -OCH3 is 1. The van der Waals surface area contributed by atoms with Crippen molar-refractivity contribution in [2.24, 2.45) is 0 Å². The van der Waals surface area contributed by atoms with Crippen LogP contribution < -0.4 is 20.6 Å². The van der Waals surface area contributed by atoms with Gasteiger partial charge >= 0.3 is 6.16 Å². The summed E-state index contributed by atoms with van der Waals surface area (Å²) < 4.78 is 38.8. The predicted molar refractivity (Wildman–Crippen MR) is 76.0 cm³/mol. The molecule has 0 saturated heterocycles. The normalized spacial score (nSPS) is 14.0. The molecule has 3 rings (SSSR count). The van der Waals surface area contributed by atoms with Crippen LogP contribution in [0.3, 0.4) is 0 Å². The minimum Gasteiger partial charge on any atom is -0.491 e. The van der Waals surface area contributed by atoms with E-state index in [2.05, 4.69) is 4.74 Å². The summed E-state index contributed by atoms with van der Waals surface area (Å²) in [5.41, 5.74) is 3.86. The number of halogens is 2. The van der Waals surface area contributed by atoms with Crippen LogP contribution in [0.5, 0.6) is 11.5 Å². The van der Waals surface area contributed by atoms with Crippen molar-refractivity contribution in [3.8, 4) is 11.5 Å². The standard InChI is InChI=1S/C14H12F2N2O5/c1-22-13-9(16)8(15)10(17)7-11(13)18(5-2-3-5)4-6(12(7)19)23-14(20)21/h4-5H,2-3,17H2,1H3,(H,20,21). The second kappa shape index (κ2) is 5.11. The monoisotopic (exact) mass is 326 g/mol. The minimum absolute atomic E-state index is 0.0193. The van der Waals surface area contributed by atoms with Crippen LogP contribution in [-0.4, -0.2) is 22.9 Å². The van der Waals surface area contributed by atoms with Crippen molar-refractivity contribution < 1.29 is 28.2 Å². The van der Waals surface area contributed by atoms with E-state index in [4.69, 9.17) is 15.6 Å². The van der Waals surface area contributed by atoms with Crippen LogP contribution in [0.15, 0.2) is 11.0 Å². The van der Waals surface area contributed by atoms with Crippen LogP contribution in [0.1, 0.15) is 18.9 Å². The van der Waals surface area contributed by atoms with E-state index in [-0.39, 0.29) is 16.9 Å². The fraction of sp³-hybridized carbons (Fsp3) is 0.286. The molecule has 1 saturated carbocycles. The molecule has 0 bridgehead atoms. The number of hydrogen-bond acceptors (Lipinski definition) is 5. The number of benzene rings is 1. The van der Waals surface area contributed by atoms with Gasteiger partial charge in [-0.3, -0.25) is 4.79 Å². The summed E-state index contributed by atoms with van der Waals surface area (Å²) in [5, 5.41) is 8.35. The predicted octanol–water partition coefficient (Wildman–Crippen LogP) is 2.26. The summed E-state index contributed by atoms with van der Waals surface area (Å²) in [5.74, 6) is -3.73. The number of rotatable bonds is 3. The molecule has 0 amide bonds. The second-order valence-electron chi connectivity index (χ2n) is 5.13. The Morgan fingerprint density at radius 3 is 2.57 bits per heavy atom. The number of carbonyl (C=O) groups is 1. The summed E-state index contributed by atoms with van der Waals surface area (Å²) >= 11 is 0. The van der Waals surface area contributed by atoms with Gasteiger partial charge in [0, 0.05) is 6.04 Å². The molecule has 0 aliphatic heterocycles. The maximum atomic E-state index is 14.1. The molecule has 1 aromatic carbocycles. The highest BCUT2D eigenvalue weighted by Crippen LogP contribution is 2.42. The second-order valence-corrected chi connectivity index (χ2v) is 5.13. The molecule has 9 heteroatoms. The Balaban J connectivity index is 2.49. The van der Waals surface area contributed by atoms with Crippen LogP contribution in [0.25, 0.3) is 10.9 Å². The molecule has 1 heterocycles. The summed E-state index contributed by atoms with van der Waals surface area (Å²) in [6.07, 6.45) is 0.909. The van der Waals surface area contributed by atoms with Crippen molar-refractivity contribution in [1.29, 1.82) is 0 Å². The van der Waals surface area contributed by atoms with Crippen molar-refractivity contribution in [3.63, 3.8) is 0 Å². The van der Waals surface area contributed by atoms with Gasteiger partial charge in [-0.2, -0.15) is 4.39 Å². The maximum Gasteiger partial charge on any atom is 0.511 e. The van der Waals surface area contributed by atoms with Gasteiger partial charge in [0.15, 0.2) is 17.3 Å². The summed E-state index contributed by atoms with van der Waals surface area (Å²) in [6, 6.07) is -0.104. The quantitative estimate of drug-likeness (QED) is 0.662. The van der Waals surface area contributed by atoms with E-state index in [1.165, 1.54) is 4.57 Å². The molecule has 0 spiro atoms. The lowest BCUT2D eigenvalue weighted by Crippen LogP contribution is -2.18. The van der Waals surface area contributed by atoms with Gasteiger partial charge in [0.2, 0.25) is 11.2 Å². The van der Waals surface area contributed by atoms with Gasteiger partial charge in [0.05, 0.1) is 24.4 Å². The number of pyridine rings is 1. The zero-order valence-corrected chi connectivity index (χ0v) is 11.9. The number of nitrogens with two attached hydrogens (primary N) is 1. The molecule has 1 aliphatic rings. The third-order valence-corrected chi connectivity index (χ3v) is 3.66. The first-order chi connectivity index (χ1) is 10.9. The smallest absolute Gasteiger partial charge is 0.491 e. The highest BCUT2D eigenvalue weighted by atomic mass is 19.2. The van der Waals surface area contributed by atoms with E-state index in [1.54, 1.807) is 0 Å². The van der Waals surface area contributed by atoms with E-state index in [1.807, 2.05) is 0 Å². The summed E-state index contributed by atoms with van der Waals surface area (Å²) in [4.78, 5) is 23.1. The van der Waals surface area contributed by atoms with Gasteiger partial charge in [0.25, 0.3) is 0 Å². The lowest BCUT2D eigenvalue weighted by Gasteiger charge is -2.17. The van der Waals surface area contributed by atoms with Crippen molar-refractivity contribution in [1.82, 2.24) is 4.57 Å². The molecule has 1 aliphatic carbocycles. The summed E-state index contributed by atoms with van der Waals surface area (Å²) in [7, 11) is 1.14. The van der Waals surface area contributed by atoms with E-state index in [9.17, 15) is 18.4 Å². The van der Waals surface area contributed by atoms with Crippen LogP contribution in [0.2, 0.25) is 0 Å². The van der Waals surface area contributed by atoms with Gasteiger partial charge in [-0.15, -0.1) is 0 Å². The highest BCUT2D eigenvalue weighted by Gasteiger charge is 2.31. The zero-order chi connectivity index (χ0) is 16.9. The molecule has 3 N–H and O–H groups in total. The number of hydrogen-bond donors (Lipinski definition) is 2. The summed E-state index contributed by atoms with van der Waals surface area (Å²) in [6.45, 7) is 0. The van der Waals surface area contributed by atoms with Gasteiger partial charge in [-0.25, -0.2) is 9.18 Å². The first kappa shape index (κ1) is 15.1. The van der Waals surface area contributed by atoms with Gasteiger partial charge < -0.3 is 24.9 Å². The Morgan fingerprint density at radius 1 is 1.39 bits per heavy atom. The zero-order valence-electron chi connectivity index (χ0n) is 11.9. The van der Waals surface area contributed by atoms with E-state index >= 15 is 0 Å². The Kier molecular flexibility index (Phi) is 3.35. The number of aromatic nitrogens is 1. The average molecular weight is 326 g/mol. The van der Waals surface area contributed by atoms with Gasteiger partial charge in [0.1, 0.15) is 5.52 Å². The molecule has 0 radical (unpaired) electrons. The Hall–Kier alpha value is -2.84. The Morgan fingerprint density at radius 2 is 2.04 bits per heavy atom. The molecule has 1 aromatic heterocycles. The number of anilines is 1. The number of carboxylic acid groups (broad SMARTS) is 1. The third-order valence-electron chi connectivity index (χ3n) is 3.66. The lowest BCUT2D eigenvalue weighted by molar-refractivity contribution is 0.143. The van der Waals surface area contributed by atoms with E-state index in [0.29, 0.717) is 0 Å². The molecule has 23 heavy (non-hydrogen) atoms. The Labute approximate surface area is 127 Å². The van der Waals surface area contributed by atoms with Crippen molar-refractivity contribution >= 4 is 22.7 Å². The topological polar surface area (TPSA) is 104 Å². The maximum absolute atomic E-state index is 14.1. The van der Waals surface area contributed by atoms with E-state index in [0.717, 1.165) is 26.1 Å². The van der Waals surface area contributed by atoms with Crippen molar-refractivity contribution in [2.75, 3.05) is 12.8 Å². The molecule has 2 aromatic rings. The van der Waals surface area contributed by atoms with Crippen molar-refractivity contribution in [3.05, 3.63) is 28.1 Å². The largest absolute Gasteiger partial charge is 0.511 e. The molecule has 1 fully saturated rings. The van der Waals surface area contributed by atoms with Gasteiger partial charge in [-0.05, 0) is 12.8 Å². The molecule has 0 unspecified atom stereocenters. The molecule has 122 valence electrons. The number of nitrogen functional groups attached to an aromatic ring is 1. The molecule has 7 nitrogen and oxygen atoms in total. The number of fused-ring (bicyclic) bond motifs is 1. The first-order valence-electron chi connectivity index (χ1n) is 6.66. The van der Waals surface area contributed by atoms with Gasteiger partial charge in [-0.1, -0.05) is 0 Å². The van der Waals surface area contributed by atoms with E-state index < -0.39 is 40.4 Å². The SMILES string of the molecule is COc1c(F)c(F)c(N)c2c(=O)c(OC(=O)O)cn(C3CC3)c12. The fourth-order valence-corrected chi connectivity index (χ4v) is 2.52. The molecule has 0 atom stereocenters. The van der Waals surface area contributed by atoms with Crippen LogP contribution in [0.4, 0.5) is 19.3 Å². The lowest BCUT2D eigenvalue weighted by atomic mass is 10.1. The highest BCUT2D eigenvalue weighted by molar-refractivity contribution is 5.96. The Bertz CT molecular complexity index is 889. The number of ether oxygens (including phenoxy) is 2. The fourth-order valence-electron chi connectivity index (χ4n) is 2.52. The third kappa shape index (κ3) is 2.24. The molecular formula is C14H12F2N2O5. The first-order valence-corrected chi connectivity index (χ1v) is 6.66. The van der Waals surface area contributed by atoms with Crippen LogP contribution in [-0.2, 0) is 0 Å². The average Bonchev–Trinajstić information content (AvgIpc) is 3.32. The minimum atomic E-state index is -1.70. The van der Waals surface area contributed by atoms with Crippen LogP contribution >= 0.6 is 0 Å². The van der Waals surface area contributed by atoms with Crippen LogP contribution in [0, 0.1) is 11.6 Å². The van der Waals surface area contributed by atoms with Crippen molar-refractivity contribution in [2.45, 2.75) is 18.9 Å². The molecular weight excluding hydrogens is 314 g/mol. The number of nitrogens with zero attached hydrogens (tertiary/aromatic N) is 1.